The first-order valence-corrected chi connectivity index (χ1v) is 5.66. The summed E-state index contributed by atoms with van der Waals surface area (Å²) in [4.78, 5) is 16.2. The van der Waals surface area contributed by atoms with Crippen LogP contribution in [0.15, 0.2) is 12.5 Å². The minimum absolute atomic E-state index is 0.0181. The van der Waals surface area contributed by atoms with Gasteiger partial charge < -0.3 is 10.4 Å². The van der Waals surface area contributed by atoms with Gasteiger partial charge in [0.2, 0.25) is 5.91 Å². The van der Waals surface area contributed by atoms with Gasteiger partial charge in [-0.25, -0.2) is 9.67 Å². The van der Waals surface area contributed by atoms with E-state index in [4.69, 9.17) is 5.11 Å². The van der Waals surface area contributed by atoms with Gasteiger partial charge in [-0.2, -0.15) is 0 Å². The molecular weight excluding hydrogens is 256 g/mol. The van der Waals surface area contributed by atoms with Crippen molar-refractivity contribution in [1.29, 1.82) is 0 Å². The molecule has 0 bridgehead atoms. The summed E-state index contributed by atoms with van der Waals surface area (Å²) < 4.78 is 1.30. The first-order chi connectivity index (χ1) is 8.78. The van der Waals surface area contributed by atoms with Crippen LogP contribution in [0.25, 0.3) is 0 Å². The molecule has 2 aromatic heterocycles. The van der Waals surface area contributed by atoms with Gasteiger partial charge in [-0.1, -0.05) is 23.2 Å². The Morgan fingerprint density at radius 2 is 2.50 bits per heavy atom. The van der Waals surface area contributed by atoms with Crippen molar-refractivity contribution < 1.29 is 9.90 Å². The second-order valence-electron chi connectivity index (χ2n) is 3.05. The molecule has 0 aromatic carbocycles. The van der Waals surface area contributed by atoms with Gasteiger partial charge in [-0.3, -0.25) is 4.79 Å². The summed E-state index contributed by atoms with van der Waals surface area (Å²) in [6.07, 6.45) is 2.87. The summed E-state index contributed by atoms with van der Waals surface area (Å²) in [5.41, 5.74) is 0. The number of tetrazole rings is 1. The third-order valence-corrected chi connectivity index (χ3v) is 2.57. The molecule has 2 N–H and O–H groups in total. The van der Waals surface area contributed by atoms with Gasteiger partial charge in [0, 0.05) is 0 Å². The Balaban J connectivity index is 1.93. The number of carbonyl (C=O) groups excluding carboxylic acids is 1. The lowest BCUT2D eigenvalue weighted by Crippen LogP contribution is -2.18. The Labute approximate surface area is 106 Å². The second kappa shape index (κ2) is 5.85. The van der Waals surface area contributed by atoms with Crippen LogP contribution in [0.2, 0.25) is 0 Å². The van der Waals surface area contributed by atoms with E-state index in [-0.39, 0.29) is 19.1 Å². The summed E-state index contributed by atoms with van der Waals surface area (Å²) in [6.45, 7) is -0.191. The maximum atomic E-state index is 11.6. The summed E-state index contributed by atoms with van der Waals surface area (Å²) in [5, 5.41) is 22.0. The zero-order valence-corrected chi connectivity index (χ0v) is 9.89. The maximum absolute atomic E-state index is 11.6. The van der Waals surface area contributed by atoms with Crippen LogP contribution in [0.4, 0.5) is 5.13 Å². The van der Waals surface area contributed by atoms with Gasteiger partial charge in [0.1, 0.15) is 19.5 Å². The minimum Gasteiger partial charge on any atom is -0.384 e. The van der Waals surface area contributed by atoms with Gasteiger partial charge in [0.25, 0.3) is 0 Å². The Morgan fingerprint density at radius 3 is 3.22 bits per heavy atom. The fourth-order valence-electron chi connectivity index (χ4n) is 1.07. The minimum atomic E-state index is -0.279. The number of amides is 1. The van der Waals surface area contributed by atoms with Crippen molar-refractivity contribution in [3.63, 3.8) is 0 Å². The number of rotatable bonds is 3. The third kappa shape index (κ3) is 3.34. The smallest absolute Gasteiger partial charge is 0.248 e. The van der Waals surface area contributed by atoms with E-state index in [1.807, 2.05) is 0 Å². The lowest BCUT2D eigenvalue weighted by atomic mass is 10.5. The highest BCUT2D eigenvalue weighted by Gasteiger charge is 2.07. The van der Waals surface area contributed by atoms with Crippen LogP contribution < -0.4 is 5.32 Å². The van der Waals surface area contributed by atoms with E-state index in [1.54, 1.807) is 0 Å². The topological polar surface area (TPSA) is 106 Å². The highest BCUT2D eigenvalue weighted by molar-refractivity contribution is 7.16. The molecule has 0 unspecified atom stereocenters. The monoisotopic (exact) mass is 264 g/mol. The summed E-state index contributed by atoms with van der Waals surface area (Å²) >= 11 is 1.23. The van der Waals surface area contributed by atoms with Gasteiger partial charge in [0.15, 0.2) is 5.13 Å². The predicted octanol–water partition coefficient (Wildman–Crippen LogP) is -0.888. The molecule has 0 atom stereocenters. The number of thiazole rings is 1. The molecule has 0 aliphatic rings. The predicted molar refractivity (Wildman–Crippen MR) is 62.5 cm³/mol. The quantitative estimate of drug-likeness (QED) is 0.697. The van der Waals surface area contributed by atoms with E-state index in [9.17, 15) is 4.79 Å². The van der Waals surface area contributed by atoms with Crippen LogP contribution in [0, 0.1) is 11.8 Å². The molecule has 1 amide bonds. The fraction of sp³-hybridized carbons (Fsp3) is 0.222. The van der Waals surface area contributed by atoms with E-state index in [0.29, 0.717) is 10.0 Å². The molecular formula is C9H8N6O2S. The van der Waals surface area contributed by atoms with E-state index < -0.39 is 0 Å². The van der Waals surface area contributed by atoms with Crippen molar-refractivity contribution in [2.75, 3.05) is 11.9 Å². The van der Waals surface area contributed by atoms with Crippen molar-refractivity contribution in [2.24, 2.45) is 0 Å². The first kappa shape index (κ1) is 12.2. The average molecular weight is 264 g/mol. The fourth-order valence-corrected chi connectivity index (χ4v) is 1.78. The normalized spacial score (nSPS) is 9.61. The SMILES string of the molecule is O=C(Cn1cnnn1)Nc1ncc(C#CCO)s1. The van der Waals surface area contributed by atoms with Crippen molar-refractivity contribution >= 4 is 22.4 Å². The summed E-state index contributed by atoms with van der Waals surface area (Å²) in [7, 11) is 0. The van der Waals surface area contributed by atoms with Crippen LogP contribution >= 0.6 is 11.3 Å². The highest BCUT2D eigenvalue weighted by atomic mass is 32.1. The lowest BCUT2D eigenvalue weighted by Gasteiger charge is -1.99. The molecule has 0 aliphatic heterocycles. The van der Waals surface area contributed by atoms with E-state index in [0.717, 1.165) is 0 Å². The number of hydrogen-bond acceptors (Lipinski definition) is 7. The molecule has 18 heavy (non-hydrogen) atoms. The highest BCUT2D eigenvalue weighted by Crippen LogP contribution is 2.16. The van der Waals surface area contributed by atoms with Crippen LogP contribution in [0.1, 0.15) is 4.88 Å². The number of aliphatic hydroxyl groups is 1. The zero-order chi connectivity index (χ0) is 12.8. The standard InChI is InChI=1S/C9H8N6O2S/c16-3-1-2-7-4-10-9(18-7)12-8(17)5-15-6-11-13-14-15/h4,6,16H,3,5H2,(H,10,12,17). The Hall–Kier alpha value is -2.31. The van der Waals surface area contributed by atoms with Crippen LogP contribution in [-0.4, -0.2) is 42.8 Å². The molecule has 9 heteroatoms. The molecule has 2 heterocycles. The van der Waals surface area contributed by atoms with Gasteiger partial charge in [0.05, 0.1) is 11.1 Å². The molecule has 0 saturated heterocycles. The molecule has 0 aliphatic carbocycles. The number of anilines is 1. The molecule has 92 valence electrons. The number of hydrogen-bond donors (Lipinski definition) is 2. The van der Waals surface area contributed by atoms with Crippen LogP contribution in [-0.2, 0) is 11.3 Å². The van der Waals surface area contributed by atoms with Crippen molar-refractivity contribution in [3.8, 4) is 11.8 Å². The van der Waals surface area contributed by atoms with E-state index in [2.05, 4.69) is 37.7 Å². The van der Waals surface area contributed by atoms with Gasteiger partial charge in [-0.05, 0) is 10.4 Å². The summed E-state index contributed by atoms with van der Waals surface area (Å²) in [6, 6.07) is 0. The zero-order valence-electron chi connectivity index (χ0n) is 9.07. The Morgan fingerprint density at radius 1 is 1.61 bits per heavy atom. The number of nitrogens with zero attached hydrogens (tertiary/aromatic N) is 5. The maximum Gasteiger partial charge on any atom is 0.248 e. The van der Waals surface area contributed by atoms with Gasteiger partial charge in [-0.15, -0.1) is 5.10 Å². The number of carbonyl (C=O) groups is 1. The Bertz CT molecular complexity index is 582. The molecule has 0 spiro atoms. The van der Waals surface area contributed by atoms with Crippen molar-refractivity contribution in [2.45, 2.75) is 6.54 Å². The molecule has 2 aromatic rings. The van der Waals surface area contributed by atoms with E-state index >= 15 is 0 Å². The first-order valence-electron chi connectivity index (χ1n) is 4.84. The number of nitrogens with one attached hydrogen (secondary N) is 1. The molecule has 0 saturated carbocycles. The van der Waals surface area contributed by atoms with Crippen LogP contribution in [0.5, 0.6) is 0 Å². The van der Waals surface area contributed by atoms with Crippen LogP contribution in [0.3, 0.4) is 0 Å². The third-order valence-electron chi connectivity index (χ3n) is 1.74. The molecule has 0 radical (unpaired) electrons. The molecule has 0 fully saturated rings. The number of aromatic nitrogens is 5. The molecule has 8 nitrogen and oxygen atoms in total. The second-order valence-corrected chi connectivity index (χ2v) is 4.08. The molecule has 2 rings (SSSR count). The summed E-state index contributed by atoms with van der Waals surface area (Å²) in [5.74, 6) is 4.92. The lowest BCUT2D eigenvalue weighted by molar-refractivity contribution is -0.116. The van der Waals surface area contributed by atoms with Crippen molar-refractivity contribution in [3.05, 3.63) is 17.4 Å². The Kier molecular flexibility index (Phi) is 3.95. The van der Waals surface area contributed by atoms with E-state index in [1.165, 1.54) is 28.5 Å². The average Bonchev–Trinajstić information content (AvgIpc) is 2.98. The number of aliphatic hydroxyl groups excluding tert-OH is 1. The van der Waals surface area contributed by atoms with Gasteiger partial charge >= 0.3 is 0 Å². The largest absolute Gasteiger partial charge is 0.384 e. The van der Waals surface area contributed by atoms with Crippen molar-refractivity contribution in [1.82, 2.24) is 25.2 Å².